The Morgan fingerprint density at radius 1 is 1.03 bits per heavy atom. The van der Waals surface area contributed by atoms with Crippen LogP contribution in [0.15, 0.2) is 66.7 Å². The molecule has 1 atom stereocenters. The second kappa shape index (κ2) is 9.82. The summed E-state index contributed by atoms with van der Waals surface area (Å²) in [5.74, 6) is 1.30. The summed E-state index contributed by atoms with van der Waals surface area (Å²) in [7, 11) is -3.83. The van der Waals surface area contributed by atoms with Gasteiger partial charge in [0.1, 0.15) is 25.0 Å². The third kappa shape index (κ3) is 5.37. The molecular weight excluding hydrogens is 480 g/mol. The Bertz CT molecular complexity index is 1300. The van der Waals surface area contributed by atoms with E-state index in [1.54, 1.807) is 48.5 Å². The maximum atomic E-state index is 13.2. The van der Waals surface area contributed by atoms with Gasteiger partial charge in [-0.2, -0.15) is 0 Å². The fourth-order valence-electron chi connectivity index (χ4n) is 3.52. The Morgan fingerprint density at radius 2 is 1.74 bits per heavy atom. The van der Waals surface area contributed by atoms with E-state index in [9.17, 15) is 13.2 Å². The van der Waals surface area contributed by atoms with Crippen LogP contribution in [0.1, 0.15) is 6.92 Å². The van der Waals surface area contributed by atoms with Gasteiger partial charge in [0.25, 0.3) is 0 Å². The maximum Gasteiger partial charge on any atom is 0.248 e. The number of carbonyl (C=O) groups is 1. The molecule has 3 aromatic rings. The van der Waals surface area contributed by atoms with Gasteiger partial charge in [0.15, 0.2) is 17.2 Å². The number of anilines is 2. The van der Waals surface area contributed by atoms with Crippen molar-refractivity contribution in [2.24, 2.45) is 0 Å². The summed E-state index contributed by atoms with van der Waals surface area (Å²) in [6, 6.07) is 17.5. The van der Waals surface area contributed by atoms with E-state index >= 15 is 0 Å². The number of para-hydroxylation sites is 1. The molecule has 0 aliphatic carbocycles. The number of nitrogens with zero attached hydrogens (tertiary/aromatic N) is 1. The molecule has 0 saturated heterocycles. The molecule has 0 unspecified atom stereocenters. The molecule has 178 valence electrons. The van der Waals surface area contributed by atoms with Crippen molar-refractivity contribution in [3.63, 3.8) is 0 Å². The number of halogens is 1. The molecule has 1 amide bonds. The van der Waals surface area contributed by atoms with E-state index in [0.717, 1.165) is 10.6 Å². The van der Waals surface area contributed by atoms with Gasteiger partial charge in [0, 0.05) is 11.1 Å². The lowest BCUT2D eigenvalue weighted by atomic mass is 10.2. The molecule has 0 aromatic heterocycles. The van der Waals surface area contributed by atoms with Crippen molar-refractivity contribution in [3.05, 3.63) is 71.8 Å². The fraction of sp³-hybridized carbons (Fsp3) is 0.208. The van der Waals surface area contributed by atoms with E-state index in [-0.39, 0.29) is 5.69 Å². The summed E-state index contributed by atoms with van der Waals surface area (Å²) in [5.41, 5.74) is 0.588. The number of rotatable bonds is 7. The number of sulfonamides is 1. The molecule has 0 fully saturated rings. The average molecular weight is 503 g/mol. The highest BCUT2D eigenvalue weighted by Crippen LogP contribution is 2.36. The quantitative estimate of drug-likeness (QED) is 0.503. The second-order valence-corrected chi connectivity index (χ2v) is 9.90. The third-order valence-corrected chi connectivity index (χ3v) is 6.52. The van der Waals surface area contributed by atoms with E-state index in [0.29, 0.717) is 46.9 Å². The van der Waals surface area contributed by atoms with Gasteiger partial charge in [-0.25, -0.2) is 8.42 Å². The molecule has 34 heavy (non-hydrogen) atoms. The molecule has 3 aromatic carbocycles. The van der Waals surface area contributed by atoms with Crippen molar-refractivity contribution in [1.82, 2.24) is 0 Å². The number of amides is 1. The van der Waals surface area contributed by atoms with Crippen LogP contribution in [0, 0.1) is 0 Å². The predicted molar refractivity (Wildman–Crippen MR) is 131 cm³/mol. The number of benzene rings is 3. The van der Waals surface area contributed by atoms with Crippen LogP contribution in [0.25, 0.3) is 0 Å². The lowest BCUT2D eigenvalue weighted by Crippen LogP contribution is -2.45. The molecule has 1 N–H and O–H groups in total. The number of fused-ring (bicyclic) bond motifs is 1. The number of hydrogen-bond donors (Lipinski definition) is 1. The first kappa shape index (κ1) is 23.7. The highest BCUT2D eigenvalue weighted by molar-refractivity contribution is 7.92. The Hall–Kier alpha value is -3.43. The predicted octanol–water partition coefficient (Wildman–Crippen LogP) is 4.70. The van der Waals surface area contributed by atoms with Gasteiger partial charge in [-0.05, 0) is 49.4 Å². The van der Waals surface area contributed by atoms with Crippen molar-refractivity contribution in [1.29, 1.82) is 0 Å². The zero-order chi connectivity index (χ0) is 24.3. The summed E-state index contributed by atoms with van der Waals surface area (Å²) in [4.78, 5) is 13.2. The van der Waals surface area contributed by atoms with Gasteiger partial charge < -0.3 is 19.5 Å². The Balaban J connectivity index is 1.61. The second-order valence-electron chi connectivity index (χ2n) is 7.61. The highest BCUT2D eigenvalue weighted by atomic mass is 35.5. The molecule has 0 spiro atoms. The first-order chi connectivity index (χ1) is 16.2. The molecule has 10 heteroatoms. The number of carbonyl (C=O) groups excluding carboxylic acids is 1. The molecule has 1 aliphatic rings. The summed E-state index contributed by atoms with van der Waals surface area (Å²) in [6.07, 6.45) is 1.04. The van der Waals surface area contributed by atoms with Crippen molar-refractivity contribution in [2.45, 2.75) is 13.0 Å². The van der Waals surface area contributed by atoms with Crippen molar-refractivity contribution in [3.8, 4) is 23.0 Å². The summed E-state index contributed by atoms with van der Waals surface area (Å²) < 4.78 is 43.4. The Morgan fingerprint density at radius 3 is 2.44 bits per heavy atom. The van der Waals surface area contributed by atoms with Crippen molar-refractivity contribution < 1.29 is 27.4 Å². The minimum Gasteiger partial charge on any atom is -0.486 e. The topological polar surface area (TPSA) is 94.2 Å². The lowest BCUT2D eigenvalue weighted by Gasteiger charge is -2.29. The van der Waals surface area contributed by atoms with E-state index in [1.165, 1.54) is 6.92 Å². The van der Waals surface area contributed by atoms with Crippen LogP contribution in [0.4, 0.5) is 11.4 Å². The average Bonchev–Trinajstić information content (AvgIpc) is 2.80. The SMILES string of the molecule is C[C@H](C(=O)Nc1cc(Cl)ccc1Oc1ccccc1)N(c1ccc2c(c1)OCCO2)S(C)(=O)=O. The van der Waals surface area contributed by atoms with Crippen LogP contribution in [0.3, 0.4) is 0 Å². The van der Waals surface area contributed by atoms with Gasteiger partial charge in [-0.15, -0.1) is 0 Å². The third-order valence-electron chi connectivity index (χ3n) is 5.04. The molecule has 8 nitrogen and oxygen atoms in total. The van der Waals surface area contributed by atoms with E-state index < -0.39 is 22.0 Å². The molecule has 1 heterocycles. The molecule has 0 bridgehead atoms. The standard InChI is InChI=1S/C24H23ClN2O6S/c1-16(27(34(2,29)30)18-9-11-22-23(15-18)32-13-12-31-22)24(28)26-20-14-17(25)8-10-21(20)33-19-6-4-3-5-7-19/h3-11,14-16H,12-13H2,1-2H3,(H,26,28)/t16-/m1/s1. The zero-order valence-corrected chi connectivity index (χ0v) is 20.1. The lowest BCUT2D eigenvalue weighted by molar-refractivity contribution is -0.116. The minimum atomic E-state index is -3.83. The first-order valence-corrected chi connectivity index (χ1v) is 12.7. The van der Waals surface area contributed by atoms with Crippen LogP contribution in [-0.4, -0.2) is 39.8 Å². The molecule has 4 rings (SSSR count). The first-order valence-electron chi connectivity index (χ1n) is 10.4. The van der Waals surface area contributed by atoms with Crippen LogP contribution in [-0.2, 0) is 14.8 Å². The normalized spacial score (nSPS) is 13.6. The smallest absolute Gasteiger partial charge is 0.248 e. The molecule has 0 saturated carbocycles. The summed E-state index contributed by atoms with van der Waals surface area (Å²) in [6.45, 7) is 2.26. The van der Waals surface area contributed by atoms with Gasteiger partial charge in [0.2, 0.25) is 15.9 Å². The van der Waals surface area contributed by atoms with Crippen LogP contribution < -0.4 is 23.8 Å². The van der Waals surface area contributed by atoms with Crippen molar-refractivity contribution in [2.75, 3.05) is 29.1 Å². The number of hydrogen-bond acceptors (Lipinski definition) is 6. The van der Waals surface area contributed by atoms with Gasteiger partial charge in [-0.3, -0.25) is 9.10 Å². The fourth-order valence-corrected chi connectivity index (χ4v) is 4.86. The summed E-state index contributed by atoms with van der Waals surface area (Å²) >= 11 is 6.14. The summed E-state index contributed by atoms with van der Waals surface area (Å²) in [5, 5.41) is 3.13. The minimum absolute atomic E-state index is 0.279. The maximum absolute atomic E-state index is 13.2. The van der Waals surface area contributed by atoms with Gasteiger partial charge in [-0.1, -0.05) is 29.8 Å². The van der Waals surface area contributed by atoms with Crippen LogP contribution in [0.2, 0.25) is 5.02 Å². The number of ether oxygens (including phenoxy) is 3. The molecule has 1 aliphatic heterocycles. The van der Waals surface area contributed by atoms with Crippen molar-refractivity contribution >= 4 is 38.9 Å². The van der Waals surface area contributed by atoms with E-state index in [4.69, 9.17) is 25.8 Å². The van der Waals surface area contributed by atoms with E-state index in [2.05, 4.69) is 5.32 Å². The number of nitrogens with one attached hydrogen (secondary N) is 1. The monoisotopic (exact) mass is 502 g/mol. The Kier molecular flexibility index (Phi) is 6.85. The molecular formula is C24H23ClN2O6S. The molecule has 0 radical (unpaired) electrons. The van der Waals surface area contributed by atoms with Gasteiger partial charge >= 0.3 is 0 Å². The van der Waals surface area contributed by atoms with Crippen LogP contribution >= 0.6 is 11.6 Å². The van der Waals surface area contributed by atoms with Crippen LogP contribution in [0.5, 0.6) is 23.0 Å². The largest absolute Gasteiger partial charge is 0.486 e. The zero-order valence-electron chi connectivity index (χ0n) is 18.5. The highest BCUT2D eigenvalue weighted by Gasteiger charge is 2.31. The van der Waals surface area contributed by atoms with E-state index in [1.807, 2.05) is 18.2 Å². The van der Waals surface area contributed by atoms with Gasteiger partial charge in [0.05, 0.1) is 17.6 Å². The Labute approximate surface area is 203 Å².